The van der Waals surface area contributed by atoms with E-state index in [1.165, 1.54) is 11.8 Å². The van der Waals surface area contributed by atoms with Crippen LogP contribution in [0.3, 0.4) is 0 Å². The van der Waals surface area contributed by atoms with Crippen molar-refractivity contribution in [2.45, 2.75) is 12.1 Å². The van der Waals surface area contributed by atoms with Crippen LogP contribution < -0.4 is 15.4 Å². The normalized spacial score (nSPS) is 10.4. The number of carbonyl (C=O) groups excluding carboxylic acids is 2. The zero-order valence-corrected chi connectivity index (χ0v) is 16.9. The van der Waals surface area contributed by atoms with Crippen molar-refractivity contribution < 1.29 is 14.3 Å². The Bertz CT molecular complexity index is 1010. The van der Waals surface area contributed by atoms with E-state index in [1.807, 2.05) is 26.1 Å². The summed E-state index contributed by atoms with van der Waals surface area (Å²) in [6.45, 7) is 2.38. The molecular formula is C20H21N5O3S. The van der Waals surface area contributed by atoms with Crippen molar-refractivity contribution in [1.29, 1.82) is 0 Å². The van der Waals surface area contributed by atoms with Crippen LogP contribution in [-0.2, 0) is 11.8 Å². The van der Waals surface area contributed by atoms with Crippen molar-refractivity contribution in [3.8, 4) is 5.75 Å². The Morgan fingerprint density at radius 2 is 1.97 bits per heavy atom. The third kappa shape index (κ3) is 5.58. The van der Waals surface area contributed by atoms with Gasteiger partial charge >= 0.3 is 0 Å². The van der Waals surface area contributed by atoms with E-state index in [0.29, 0.717) is 34.5 Å². The van der Waals surface area contributed by atoms with Gasteiger partial charge in [-0.05, 0) is 37.3 Å². The average Bonchev–Trinajstić information content (AvgIpc) is 3.13. The number of para-hydroxylation sites is 2. The number of thioether (sulfide) groups is 1. The second-order valence-corrected chi connectivity index (χ2v) is 6.97. The highest BCUT2D eigenvalue weighted by Crippen LogP contribution is 2.24. The minimum atomic E-state index is -0.290. The SMILES string of the molecule is CCOc1ccccc1NC(=O)c1cccc(NC(=O)CSc2nncn2C)c1. The smallest absolute Gasteiger partial charge is 0.255 e. The Hall–Kier alpha value is -3.33. The second kappa shape index (κ2) is 9.74. The summed E-state index contributed by atoms with van der Waals surface area (Å²) in [5.74, 6) is 0.303. The molecular weight excluding hydrogens is 390 g/mol. The molecule has 150 valence electrons. The minimum Gasteiger partial charge on any atom is -0.492 e. The topological polar surface area (TPSA) is 98.1 Å². The van der Waals surface area contributed by atoms with E-state index >= 15 is 0 Å². The van der Waals surface area contributed by atoms with Gasteiger partial charge in [-0.1, -0.05) is 30.0 Å². The van der Waals surface area contributed by atoms with Gasteiger partial charge < -0.3 is 19.9 Å². The molecule has 2 aromatic carbocycles. The third-order valence-corrected chi connectivity index (χ3v) is 4.88. The highest BCUT2D eigenvalue weighted by atomic mass is 32.2. The molecule has 29 heavy (non-hydrogen) atoms. The van der Waals surface area contributed by atoms with E-state index < -0.39 is 0 Å². The first kappa shape index (κ1) is 20.4. The summed E-state index contributed by atoms with van der Waals surface area (Å²) >= 11 is 1.28. The van der Waals surface area contributed by atoms with E-state index in [2.05, 4.69) is 20.8 Å². The van der Waals surface area contributed by atoms with E-state index in [0.717, 1.165) is 0 Å². The fraction of sp³-hybridized carbons (Fsp3) is 0.200. The monoisotopic (exact) mass is 411 g/mol. The van der Waals surface area contributed by atoms with Crippen LogP contribution in [0.5, 0.6) is 5.75 Å². The Kier molecular flexibility index (Phi) is 6.85. The number of anilines is 2. The van der Waals surface area contributed by atoms with Gasteiger partial charge in [0.2, 0.25) is 5.91 Å². The van der Waals surface area contributed by atoms with Crippen LogP contribution in [0.15, 0.2) is 60.0 Å². The molecule has 0 saturated carbocycles. The number of ether oxygens (including phenoxy) is 1. The van der Waals surface area contributed by atoms with Crippen LogP contribution >= 0.6 is 11.8 Å². The minimum absolute atomic E-state index is 0.185. The van der Waals surface area contributed by atoms with Crippen molar-refractivity contribution >= 4 is 35.0 Å². The van der Waals surface area contributed by atoms with Gasteiger partial charge in [-0.15, -0.1) is 10.2 Å². The van der Waals surface area contributed by atoms with E-state index in [1.54, 1.807) is 47.3 Å². The zero-order valence-electron chi connectivity index (χ0n) is 16.1. The number of amides is 2. The molecule has 3 rings (SSSR count). The Balaban J connectivity index is 1.62. The highest BCUT2D eigenvalue weighted by molar-refractivity contribution is 7.99. The second-order valence-electron chi connectivity index (χ2n) is 6.03. The number of aromatic nitrogens is 3. The molecule has 0 unspecified atom stereocenters. The summed E-state index contributed by atoms with van der Waals surface area (Å²) in [5.41, 5.74) is 1.56. The molecule has 1 heterocycles. The summed E-state index contributed by atoms with van der Waals surface area (Å²) in [6, 6.07) is 14.0. The first-order valence-corrected chi connectivity index (χ1v) is 9.95. The number of nitrogens with zero attached hydrogens (tertiary/aromatic N) is 3. The van der Waals surface area contributed by atoms with Crippen LogP contribution in [0.2, 0.25) is 0 Å². The fourth-order valence-electron chi connectivity index (χ4n) is 2.51. The van der Waals surface area contributed by atoms with Crippen molar-refractivity contribution in [3.05, 3.63) is 60.4 Å². The average molecular weight is 411 g/mol. The summed E-state index contributed by atoms with van der Waals surface area (Å²) in [4.78, 5) is 24.8. The van der Waals surface area contributed by atoms with Gasteiger partial charge in [0.15, 0.2) is 5.16 Å². The number of hydrogen-bond acceptors (Lipinski definition) is 6. The molecule has 8 nitrogen and oxygen atoms in total. The first-order valence-electron chi connectivity index (χ1n) is 8.96. The molecule has 0 atom stereocenters. The predicted octanol–water partition coefficient (Wildman–Crippen LogP) is 3.20. The van der Waals surface area contributed by atoms with Crippen molar-refractivity contribution in [1.82, 2.24) is 14.8 Å². The molecule has 0 saturated heterocycles. The van der Waals surface area contributed by atoms with Crippen LogP contribution in [0, 0.1) is 0 Å². The van der Waals surface area contributed by atoms with E-state index in [9.17, 15) is 9.59 Å². The maximum absolute atomic E-state index is 12.6. The number of benzene rings is 2. The number of rotatable bonds is 8. The lowest BCUT2D eigenvalue weighted by molar-refractivity contribution is -0.113. The molecule has 1 aromatic heterocycles. The number of aryl methyl sites for hydroxylation is 1. The van der Waals surface area contributed by atoms with Gasteiger partial charge in [-0.2, -0.15) is 0 Å². The molecule has 0 aliphatic heterocycles. The molecule has 0 aliphatic rings. The molecule has 9 heteroatoms. The lowest BCUT2D eigenvalue weighted by Crippen LogP contribution is -2.16. The standard InChI is InChI=1S/C20H21N5O3S/c1-3-28-17-10-5-4-9-16(17)23-19(27)14-7-6-8-15(11-14)22-18(26)12-29-20-24-21-13-25(20)2/h4-11,13H,3,12H2,1-2H3,(H,22,26)(H,23,27). The molecule has 0 fully saturated rings. The Morgan fingerprint density at radius 1 is 1.14 bits per heavy atom. The van der Waals surface area contributed by atoms with Crippen LogP contribution in [0.25, 0.3) is 0 Å². The third-order valence-electron chi connectivity index (χ3n) is 3.85. The lowest BCUT2D eigenvalue weighted by Gasteiger charge is -2.12. The van der Waals surface area contributed by atoms with Gasteiger partial charge in [0.1, 0.15) is 12.1 Å². The van der Waals surface area contributed by atoms with Crippen molar-refractivity contribution in [2.24, 2.45) is 7.05 Å². The summed E-state index contributed by atoms with van der Waals surface area (Å²) in [6.07, 6.45) is 1.58. The maximum atomic E-state index is 12.6. The predicted molar refractivity (Wildman–Crippen MR) is 112 cm³/mol. The Morgan fingerprint density at radius 3 is 2.72 bits per heavy atom. The first-order chi connectivity index (χ1) is 14.1. The highest BCUT2D eigenvalue weighted by Gasteiger charge is 2.12. The van der Waals surface area contributed by atoms with Gasteiger partial charge in [0.05, 0.1) is 18.0 Å². The summed E-state index contributed by atoms with van der Waals surface area (Å²) in [5, 5.41) is 14.0. The van der Waals surface area contributed by atoms with E-state index in [-0.39, 0.29) is 17.6 Å². The number of nitrogens with one attached hydrogen (secondary N) is 2. The number of hydrogen-bond donors (Lipinski definition) is 2. The molecule has 2 N–H and O–H groups in total. The summed E-state index contributed by atoms with van der Waals surface area (Å²) < 4.78 is 7.27. The van der Waals surface area contributed by atoms with Gasteiger partial charge in [0.25, 0.3) is 5.91 Å². The van der Waals surface area contributed by atoms with E-state index in [4.69, 9.17) is 4.74 Å². The molecule has 3 aromatic rings. The quantitative estimate of drug-likeness (QED) is 0.553. The van der Waals surface area contributed by atoms with Crippen molar-refractivity contribution in [2.75, 3.05) is 23.0 Å². The van der Waals surface area contributed by atoms with Crippen molar-refractivity contribution in [3.63, 3.8) is 0 Å². The van der Waals surface area contributed by atoms with Gasteiger partial charge in [0, 0.05) is 18.3 Å². The molecule has 0 aliphatic carbocycles. The zero-order chi connectivity index (χ0) is 20.6. The van der Waals surface area contributed by atoms with Gasteiger partial charge in [-0.3, -0.25) is 9.59 Å². The lowest BCUT2D eigenvalue weighted by atomic mass is 10.1. The molecule has 0 bridgehead atoms. The largest absolute Gasteiger partial charge is 0.492 e. The molecule has 0 spiro atoms. The van der Waals surface area contributed by atoms with Crippen LogP contribution in [0.4, 0.5) is 11.4 Å². The Labute approximate surface area is 172 Å². The van der Waals surface area contributed by atoms with Gasteiger partial charge in [-0.25, -0.2) is 0 Å². The summed E-state index contributed by atoms with van der Waals surface area (Å²) in [7, 11) is 1.81. The molecule has 2 amide bonds. The van der Waals surface area contributed by atoms with Crippen LogP contribution in [-0.4, -0.2) is 38.9 Å². The number of carbonyl (C=O) groups is 2. The van der Waals surface area contributed by atoms with Crippen LogP contribution in [0.1, 0.15) is 17.3 Å². The maximum Gasteiger partial charge on any atom is 0.255 e. The fourth-order valence-corrected chi connectivity index (χ4v) is 3.20. The molecule has 0 radical (unpaired) electrons.